The second-order valence-corrected chi connectivity index (χ2v) is 7.28. The number of nitrogens with zero attached hydrogens (tertiary/aromatic N) is 1. The van der Waals surface area contributed by atoms with Crippen molar-refractivity contribution < 1.29 is 18.3 Å². The largest absolute Gasteiger partial charge is 0.478 e. The Labute approximate surface area is 124 Å². The molecule has 5 nitrogen and oxygen atoms in total. The van der Waals surface area contributed by atoms with E-state index in [4.69, 9.17) is 5.11 Å². The third-order valence-corrected chi connectivity index (χ3v) is 5.77. The highest BCUT2D eigenvalue weighted by molar-refractivity contribution is 7.98. The summed E-state index contributed by atoms with van der Waals surface area (Å²) in [5, 5.41) is 8.82. The molecule has 0 fully saturated rings. The average molecular weight is 317 g/mol. The van der Waals surface area contributed by atoms with Crippen molar-refractivity contribution in [2.45, 2.75) is 24.3 Å². The van der Waals surface area contributed by atoms with Crippen molar-refractivity contribution in [3.63, 3.8) is 0 Å². The lowest BCUT2D eigenvalue weighted by Crippen LogP contribution is -2.38. The normalized spacial score (nSPS) is 13.4. The predicted octanol–water partition coefficient (Wildman–Crippen LogP) is 2.15. The number of rotatable bonds is 7. The lowest BCUT2D eigenvalue weighted by Gasteiger charge is -2.26. The Morgan fingerprint density at radius 2 is 1.90 bits per heavy atom. The Hall–Kier alpha value is -1.05. The summed E-state index contributed by atoms with van der Waals surface area (Å²) in [6, 6.07) is 5.20. The minimum atomic E-state index is -3.59. The third kappa shape index (κ3) is 3.74. The molecular weight excluding hydrogens is 298 g/mol. The van der Waals surface area contributed by atoms with Crippen LogP contribution in [0.15, 0.2) is 29.2 Å². The second kappa shape index (κ2) is 7.10. The molecule has 0 bridgehead atoms. The van der Waals surface area contributed by atoms with Crippen LogP contribution in [-0.4, -0.2) is 48.9 Å². The molecule has 0 saturated heterocycles. The number of hydrogen-bond donors (Lipinski definition) is 1. The first kappa shape index (κ1) is 17.0. The number of thioether (sulfide) groups is 1. The van der Waals surface area contributed by atoms with Crippen molar-refractivity contribution in [3.8, 4) is 0 Å². The van der Waals surface area contributed by atoms with Crippen LogP contribution in [0.3, 0.4) is 0 Å². The smallest absolute Gasteiger partial charge is 0.335 e. The molecule has 1 unspecified atom stereocenters. The fourth-order valence-electron chi connectivity index (χ4n) is 1.80. The molecule has 112 valence electrons. The molecule has 1 rings (SSSR count). The number of carboxylic acid groups (broad SMARTS) is 1. The highest BCUT2D eigenvalue weighted by Crippen LogP contribution is 2.20. The molecule has 0 radical (unpaired) electrons. The quantitative estimate of drug-likeness (QED) is 0.834. The van der Waals surface area contributed by atoms with Crippen LogP contribution in [0.2, 0.25) is 0 Å². The molecule has 1 N–H and O–H groups in total. The SMILES string of the molecule is CCC(CSC)N(C)S(=O)(=O)c1ccc(C(=O)O)cc1. The molecule has 0 aliphatic heterocycles. The molecule has 1 atom stereocenters. The summed E-state index contributed by atoms with van der Waals surface area (Å²) in [6.45, 7) is 1.94. The maximum absolute atomic E-state index is 12.5. The summed E-state index contributed by atoms with van der Waals surface area (Å²) in [5.41, 5.74) is 0.0720. The fourth-order valence-corrected chi connectivity index (χ4v) is 4.17. The Bertz CT molecular complexity index is 554. The van der Waals surface area contributed by atoms with E-state index in [2.05, 4.69) is 0 Å². The van der Waals surface area contributed by atoms with Crippen molar-refractivity contribution in [1.82, 2.24) is 4.31 Å². The lowest BCUT2D eigenvalue weighted by molar-refractivity contribution is 0.0696. The summed E-state index contributed by atoms with van der Waals surface area (Å²) in [7, 11) is -2.03. The predicted molar refractivity (Wildman–Crippen MR) is 80.8 cm³/mol. The van der Waals surface area contributed by atoms with Crippen molar-refractivity contribution in [2.75, 3.05) is 19.1 Å². The highest BCUT2D eigenvalue weighted by atomic mass is 32.2. The van der Waals surface area contributed by atoms with E-state index in [0.29, 0.717) is 0 Å². The first-order valence-corrected chi connectivity index (χ1v) is 8.98. The monoisotopic (exact) mass is 317 g/mol. The van der Waals surface area contributed by atoms with E-state index in [0.717, 1.165) is 12.2 Å². The minimum Gasteiger partial charge on any atom is -0.478 e. The van der Waals surface area contributed by atoms with E-state index in [1.54, 1.807) is 18.8 Å². The number of carboxylic acids is 1. The van der Waals surface area contributed by atoms with Gasteiger partial charge in [0.1, 0.15) is 0 Å². The van der Waals surface area contributed by atoms with Crippen LogP contribution < -0.4 is 0 Å². The standard InChI is InChI=1S/C13H19NO4S2/c1-4-11(9-19-3)14(2)20(17,18)12-7-5-10(6-8-12)13(15)16/h5-8,11H,4,9H2,1-3H3,(H,15,16). The molecule has 0 amide bonds. The zero-order valence-corrected chi connectivity index (χ0v) is 13.4. The molecule has 1 aromatic carbocycles. The molecule has 20 heavy (non-hydrogen) atoms. The molecule has 0 aliphatic carbocycles. The maximum atomic E-state index is 12.5. The van der Waals surface area contributed by atoms with Crippen LogP contribution in [0, 0.1) is 0 Å². The van der Waals surface area contributed by atoms with Gasteiger partial charge in [-0.2, -0.15) is 16.1 Å². The number of hydrogen-bond acceptors (Lipinski definition) is 4. The van der Waals surface area contributed by atoms with Crippen molar-refractivity contribution >= 4 is 27.8 Å². The van der Waals surface area contributed by atoms with E-state index < -0.39 is 16.0 Å². The summed E-state index contributed by atoms with van der Waals surface area (Å²) < 4.78 is 26.3. The zero-order chi connectivity index (χ0) is 15.3. The third-order valence-electron chi connectivity index (χ3n) is 3.12. The number of carbonyl (C=O) groups is 1. The van der Waals surface area contributed by atoms with Gasteiger partial charge in [0, 0.05) is 18.8 Å². The lowest BCUT2D eigenvalue weighted by atomic mass is 10.2. The van der Waals surface area contributed by atoms with Crippen molar-refractivity contribution in [1.29, 1.82) is 0 Å². The molecule has 0 spiro atoms. The Morgan fingerprint density at radius 3 is 2.30 bits per heavy atom. The highest BCUT2D eigenvalue weighted by Gasteiger charge is 2.26. The van der Waals surface area contributed by atoms with Gasteiger partial charge in [0.25, 0.3) is 0 Å². The fraction of sp³-hybridized carbons (Fsp3) is 0.462. The summed E-state index contributed by atoms with van der Waals surface area (Å²) in [6.07, 6.45) is 2.66. The van der Waals surface area contributed by atoms with Crippen LogP contribution in [0.5, 0.6) is 0 Å². The van der Waals surface area contributed by atoms with E-state index in [1.165, 1.54) is 28.6 Å². The molecule has 0 heterocycles. The number of sulfonamides is 1. The van der Waals surface area contributed by atoms with Gasteiger partial charge in [0.15, 0.2) is 0 Å². The van der Waals surface area contributed by atoms with E-state index >= 15 is 0 Å². The first-order valence-electron chi connectivity index (χ1n) is 6.15. The van der Waals surface area contributed by atoms with E-state index in [-0.39, 0.29) is 16.5 Å². The van der Waals surface area contributed by atoms with Crippen LogP contribution in [-0.2, 0) is 10.0 Å². The number of benzene rings is 1. The minimum absolute atomic E-state index is 0.0720. The molecule has 0 aliphatic rings. The van der Waals surface area contributed by atoms with Crippen LogP contribution in [0.25, 0.3) is 0 Å². The average Bonchev–Trinajstić information content (AvgIpc) is 2.44. The maximum Gasteiger partial charge on any atom is 0.335 e. The van der Waals surface area contributed by atoms with Crippen molar-refractivity contribution in [3.05, 3.63) is 29.8 Å². The Balaban J connectivity index is 3.06. The van der Waals surface area contributed by atoms with Crippen molar-refractivity contribution in [2.24, 2.45) is 0 Å². The van der Waals surface area contributed by atoms with E-state index in [9.17, 15) is 13.2 Å². The topological polar surface area (TPSA) is 74.7 Å². The van der Waals surface area contributed by atoms with Gasteiger partial charge in [-0.1, -0.05) is 6.92 Å². The van der Waals surface area contributed by atoms with E-state index in [1.807, 2.05) is 13.2 Å². The molecular formula is C13H19NO4S2. The van der Waals surface area contributed by atoms with Gasteiger partial charge in [-0.3, -0.25) is 0 Å². The summed E-state index contributed by atoms with van der Waals surface area (Å²) >= 11 is 1.60. The van der Waals surface area contributed by atoms with Gasteiger partial charge < -0.3 is 5.11 Å². The van der Waals surface area contributed by atoms with Crippen LogP contribution >= 0.6 is 11.8 Å². The van der Waals surface area contributed by atoms with Gasteiger partial charge in [0.05, 0.1) is 10.5 Å². The van der Waals surface area contributed by atoms with Gasteiger partial charge in [-0.25, -0.2) is 13.2 Å². The summed E-state index contributed by atoms with van der Waals surface area (Å²) in [5.74, 6) is -0.351. The van der Waals surface area contributed by atoms with Crippen LogP contribution in [0.4, 0.5) is 0 Å². The molecule has 7 heteroatoms. The first-order chi connectivity index (χ1) is 9.34. The molecule has 1 aromatic rings. The van der Waals surface area contributed by atoms with Crippen LogP contribution in [0.1, 0.15) is 23.7 Å². The Kier molecular flexibility index (Phi) is 6.04. The molecule has 0 saturated carbocycles. The van der Waals surface area contributed by atoms with Gasteiger partial charge in [-0.05, 0) is 36.9 Å². The Morgan fingerprint density at radius 1 is 1.35 bits per heavy atom. The molecule has 0 aromatic heterocycles. The van der Waals surface area contributed by atoms with Gasteiger partial charge >= 0.3 is 5.97 Å². The number of aromatic carboxylic acids is 1. The zero-order valence-electron chi connectivity index (χ0n) is 11.7. The van der Waals surface area contributed by atoms with Gasteiger partial charge in [-0.15, -0.1) is 0 Å². The summed E-state index contributed by atoms with van der Waals surface area (Å²) in [4.78, 5) is 10.9. The second-order valence-electron chi connectivity index (χ2n) is 4.37. The van der Waals surface area contributed by atoms with Gasteiger partial charge in [0.2, 0.25) is 10.0 Å².